The van der Waals surface area contributed by atoms with Gasteiger partial charge in [-0.25, -0.2) is 0 Å². The fourth-order valence-corrected chi connectivity index (χ4v) is 2.06. The maximum atomic E-state index is 11.7. The lowest BCUT2D eigenvalue weighted by atomic mass is 10.0. The van der Waals surface area contributed by atoms with Crippen LogP contribution in [0.15, 0.2) is 28.9 Å². The average molecular weight is 234 g/mol. The van der Waals surface area contributed by atoms with Crippen molar-refractivity contribution in [3.8, 4) is 0 Å². The second-order valence-electron chi connectivity index (χ2n) is 4.43. The lowest BCUT2D eigenvalue weighted by molar-refractivity contribution is -0.117. The molecule has 2 atom stereocenters. The number of amides is 1. The molecule has 4 heteroatoms. The van der Waals surface area contributed by atoms with Gasteiger partial charge in [0.1, 0.15) is 5.76 Å². The van der Waals surface area contributed by atoms with E-state index in [2.05, 4.69) is 17.6 Å². The van der Waals surface area contributed by atoms with E-state index in [1.807, 2.05) is 6.07 Å². The Labute approximate surface area is 101 Å². The molecule has 2 heterocycles. The predicted molar refractivity (Wildman–Crippen MR) is 66.4 cm³/mol. The summed E-state index contributed by atoms with van der Waals surface area (Å²) in [4.78, 5) is 11.7. The zero-order chi connectivity index (χ0) is 12.1. The summed E-state index contributed by atoms with van der Waals surface area (Å²) in [6.45, 7) is 3.10. The molecule has 2 N–H and O–H groups in total. The fraction of sp³-hybridized carbons (Fsp3) is 0.462. The molecule has 1 amide bonds. The minimum atomic E-state index is -0.0551. The second-order valence-corrected chi connectivity index (χ2v) is 4.43. The lowest BCUT2D eigenvalue weighted by Crippen LogP contribution is -2.46. The monoisotopic (exact) mass is 234 g/mol. The molecule has 4 nitrogen and oxygen atoms in total. The smallest absolute Gasteiger partial charge is 0.244 e. The molecular weight excluding hydrogens is 216 g/mol. The van der Waals surface area contributed by atoms with Crippen molar-refractivity contribution in [3.63, 3.8) is 0 Å². The van der Waals surface area contributed by atoms with Gasteiger partial charge in [-0.3, -0.25) is 4.79 Å². The van der Waals surface area contributed by atoms with Crippen molar-refractivity contribution >= 4 is 12.0 Å². The highest BCUT2D eigenvalue weighted by Gasteiger charge is 2.18. The average Bonchev–Trinajstić information content (AvgIpc) is 2.79. The summed E-state index contributed by atoms with van der Waals surface area (Å²) in [5.74, 6) is 0.638. The van der Waals surface area contributed by atoms with Crippen molar-refractivity contribution in [3.05, 3.63) is 30.2 Å². The number of carbonyl (C=O) groups excluding carboxylic acids is 1. The standard InChI is InChI=1S/C13H18N2O2/c1-10-9-11(6-7-14-10)15-13(16)5-4-12-3-2-8-17-12/h2-5,8,10-11,14H,6-7,9H2,1H3,(H,15,16)/b5-4+. The lowest BCUT2D eigenvalue weighted by Gasteiger charge is -2.28. The molecule has 1 saturated heterocycles. The summed E-state index contributed by atoms with van der Waals surface area (Å²) in [5.41, 5.74) is 0. The summed E-state index contributed by atoms with van der Waals surface area (Å²) in [6, 6.07) is 4.37. The molecule has 0 radical (unpaired) electrons. The van der Waals surface area contributed by atoms with Crippen molar-refractivity contribution in [2.45, 2.75) is 31.8 Å². The van der Waals surface area contributed by atoms with Gasteiger partial charge in [0.05, 0.1) is 6.26 Å². The first-order valence-corrected chi connectivity index (χ1v) is 5.99. The van der Waals surface area contributed by atoms with Crippen LogP contribution >= 0.6 is 0 Å². The van der Waals surface area contributed by atoms with Crippen LogP contribution in [-0.2, 0) is 4.79 Å². The van der Waals surface area contributed by atoms with Gasteiger partial charge in [-0.15, -0.1) is 0 Å². The number of hydrogen-bond donors (Lipinski definition) is 2. The van der Waals surface area contributed by atoms with E-state index in [1.165, 1.54) is 6.08 Å². The molecule has 17 heavy (non-hydrogen) atoms. The maximum Gasteiger partial charge on any atom is 0.244 e. The number of furan rings is 1. The van der Waals surface area contributed by atoms with E-state index in [1.54, 1.807) is 18.4 Å². The van der Waals surface area contributed by atoms with Gasteiger partial charge in [-0.05, 0) is 44.5 Å². The number of carbonyl (C=O) groups is 1. The Morgan fingerprint density at radius 2 is 2.53 bits per heavy atom. The molecule has 0 aromatic carbocycles. The molecule has 1 fully saturated rings. The summed E-state index contributed by atoms with van der Waals surface area (Å²) in [6.07, 6.45) is 6.77. The highest BCUT2D eigenvalue weighted by Crippen LogP contribution is 2.08. The topological polar surface area (TPSA) is 54.3 Å². The molecule has 2 unspecified atom stereocenters. The van der Waals surface area contributed by atoms with Gasteiger partial charge in [0.25, 0.3) is 0 Å². The highest BCUT2D eigenvalue weighted by molar-refractivity contribution is 5.91. The van der Waals surface area contributed by atoms with E-state index in [0.29, 0.717) is 11.8 Å². The minimum absolute atomic E-state index is 0.0551. The third-order valence-corrected chi connectivity index (χ3v) is 2.91. The van der Waals surface area contributed by atoms with Gasteiger partial charge in [0.15, 0.2) is 0 Å². The van der Waals surface area contributed by atoms with Crippen LogP contribution in [0.1, 0.15) is 25.5 Å². The van der Waals surface area contributed by atoms with E-state index in [4.69, 9.17) is 4.42 Å². The fourth-order valence-electron chi connectivity index (χ4n) is 2.06. The molecule has 92 valence electrons. The first kappa shape index (κ1) is 11.9. The van der Waals surface area contributed by atoms with Crippen LogP contribution in [0.5, 0.6) is 0 Å². The Balaban J connectivity index is 1.80. The summed E-state index contributed by atoms with van der Waals surface area (Å²) in [5, 5.41) is 6.36. The molecule has 0 aliphatic carbocycles. The first-order valence-electron chi connectivity index (χ1n) is 5.99. The zero-order valence-corrected chi connectivity index (χ0v) is 9.98. The number of hydrogen-bond acceptors (Lipinski definition) is 3. The molecule has 2 rings (SSSR count). The van der Waals surface area contributed by atoms with Crippen molar-refractivity contribution in [2.24, 2.45) is 0 Å². The zero-order valence-electron chi connectivity index (χ0n) is 9.98. The Morgan fingerprint density at radius 3 is 3.24 bits per heavy atom. The van der Waals surface area contributed by atoms with Crippen LogP contribution < -0.4 is 10.6 Å². The summed E-state index contributed by atoms with van der Waals surface area (Å²) < 4.78 is 5.11. The van der Waals surface area contributed by atoms with E-state index in [-0.39, 0.29) is 11.9 Å². The second kappa shape index (κ2) is 5.68. The minimum Gasteiger partial charge on any atom is -0.465 e. The van der Waals surface area contributed by atoms with E-state index < -0.39 is 0 Å². The van der Waals surface area contributed by atoms with Gasteiger partial charge in [0, 0.05) is 18.2 Å². The van der Waals surface area contributed by atoms with Gasteiger partial charge < -0.3 is 15.1 Å². The van der Waals surface area contributed by atoms with Crippen LogP contribution in [0.4, 0.5) is 0 Å². The number of nitrogens with one attached hydrogen (secondary N) is 2. The van der Waals surface area contributed by atoms with Crippen LogP contribution in [0.2, 0.25) is 0 Å². The Kier molecular flexibility index (Phi) is 3.98. The van der Waals surface area contributed by atoms with Gasteiger partial charge in [-0.1, -0.05) is 0 Å². The maximum absolute atomic E-state index is 11.7. The Bertz CT molecular complexity index is 384. The van der Waals surface area contributed by atoms with Gasteiger partial charge in [0.2, 0.25) is 5.91 Å². The van der Waals surface area contributed by atoms with Crippen molar-refractivity contribution < 1.29 is 9.21 Å². The summed E-state index contributed by atoms with van der Waals surface area (Å²) in [7, 11) is 0. The van der Waals surface area contributed by atoms with Crippen molar-refractivity contribution in [2.75, 3.05) is 6.54 Å². The van der Waals surface area contributed by atoms with Crippen molar-refractivity contribution in [1.29, 1.82) is 0 Å². The van der Waals surface area contributed by atoms with E-state index in [0.717, 1.165) is 19.4 Å². The van der Waals surface area contributed by atoms with Gasteiger partial charge in [-0.2, -0.15) is 0 Å². The third kappa shape index (κ3) is 3.75. The number of piperidine rings is 1. The molecule has 1 aliphatic heterocycles. The quantitative estimate of drug-likeness (QED) is 0.780. The van der Waals surface area contributed by atoms with E-state index >= 15 is 0 Å². The predicted octanol–water partition coefficient (Wildman–Crippen LogP) is 1.55. The molecule has 1 aromatic rings. The molecule has 0 spiro atoms. The van der Waals surface area contributed by atoms with E-state index in [9.17, 15) is 4.79 Å². The van der Waals surface area contributed by atoms with Crippen molar-refractivity contribution in [1.82, 2.24) is 10.6 Å². The molecule has 0 saturated carbocycles. The molecule has 1 aliphatic rings. The largest absolute Gasteiger partial charge is 0.465 e. The Hall–Kier alpha value is -1.55. The van der Waals surface area contributed by atoms with Crippen LogP contribution in [0, 0.1) is 0 Å². The molecule has 0 bridgehead atoms. The molecular formula is C13H18N2O2. The first-order chi connectivity index (χ1) is 8.24. The van der Waals surface area contributed by atoms with Crippen LogP contribution in [0.3, 0.4) is 0 Å². The van der Waals surface area contributed by atoms with Gasteiger partial charge >= 0.3 is 0 Å². The van der Waals surface area contributed by atoms with Crippen LogP contribution in [0.25, 0.3) is 6.08 Å². The summed E-state index contributed by atoms with van der Waals surface area (Å²) >= 11 is 0. The highest BCUT2D eigenvalue weighted by atomic mass is 16.3. The molecule has 1 aromatic heterocycles. The normalized spacial score (nSPS) is 25.0. The number of rotatable bonds is 3. The Morgan fingerprint density at radius 1 is 1.65 bits per heavy atom. The third-order valence-electron chi connectivity index (χ3n) is 2.91. The van der Waals surface area contributed by atoms with Crippen LogP contribution in [-0.4, -0.2) is 24.5 Å². The SMILES string of the molecule is CC1CC(NC(=O)/C=C/c2ccco2)CCN1.